The predicted octanol–water partition coefficient (Wildman–Crippen LogP) is 3.46. The number of rotatable bonds is 5. The number of benzene rings is 2. The van der Waals surface area contributed by atoms with Gasteiger partial charge in [-0.1, -0.05) is 41.4 Å². The van der Waals surface area contributed by atoms with Crippen LogP contribution in [-0.2, 0) is 10.2 Å². The standard InChI is InChI=1S/C15H15Cl2N3O3S/c1-20(2)24(22,23)19-13-9-4-3-8-12(13)18-15(21)14-10(16)6-5-7-11(14)17/h3-9,19H,1-2H3,(H,18,21). The third-order valence-corrected chi connectivity index (χ3v) is 5.15. The Bertz CT molecular complexity index is 850. The van der Waals surface area contributed by atoms with E-state index in [-0.39, 0.29) is 27.0 Å². The summed E-state index contributed by atoms with van der Waals surface area (Å²) in [5.74, 6) is -0.540. The number of nitrogens with zero attached hydrogens (tertiary/aromatic N) is 1. The van der Waals surface area contributed by atoms with Gasteiger partial charge in [-0.25, -0.2) is 0 Å². The Balaban J connectivity index is 2.33. The minimum atomic E-state index is -3.71. The van der Waals surface area contributed by atoms with Crippen LogP contribution in [0.25, 0.3) is 0 Å². The molecular weight excluding hydrogens is 373 g/mol. The van der Waals surface area contributed by atoms with Gasteiger partial charge < -0.3 is 5.32 Å². The zero-order valence-electron chi connectivity index (χ0n) is 12.9. The number of hydrogen-bond donors (Lipinski definition) is 2. The van der Waals surface area contributed by atoms with Gasteiger partial charge >= 0.3 is 10.2 Å². The quantitative estimate of drug-likeness (QED) is 0.824. The predicted molar refractivity (Wildman–Crippen MR) is 97.1 cm³/mol. The topological polar surface area (TPSA) is 78.5 Å². The van der Waals surface area contributed by atoms with Crippen LogP contribution in [0.2, 0.25) is 10.0 Å². The molecule has 0 spiro atoms. The number of halogens is 2. The Morgan fingerprint density at radius 3 is 2.04 bits per heavy atom. The van der Waals surface area contributed by atoms with Crippen LogP contribution in [0.3, 0.4) is 0 Å². The van der Waals surface area contributed by atoms with Gasteiger partial charge in [0.05, 0.1) is 27.0 Å². The van der Waals surface area contributed by atoms with Gasteiger partial charge in [0, 0.05) is 14.1 Å². The van der Waals surface area contributed by atoms with E-state index in [0.29, 0.717) is 0 Å². The monoisotopic (exact) mass is 387 g/mol. The molecule has 2 rings (SSSR count). The fraction of sp³-hybridized carbons (Fsp3) is 0.133. The van der Waals surface area contributed by atoms with E-state index < -0.39 is 16.1 Å². The van der Waals surface area contributed by atoms with Gasteiger partial charge in [-0.05, 0) is 24.3 Å². The normalized spacial score (nSPS) is 11.4. The smallest absolute Gasteiger partial charge is 0.301 e. The Labute approximate surface area is 150 Å². The molecule has 0 unspecified atom stereocenters. The average molecular weight is 388 g/mol. The van der Waals surface area contributed by atoms with Crippen molar-refractivity contribution in [3.8, 4) is 0 Å². The lowest BCUT2D eigenvalue weighted by Gasteiger charge is -2.17. The van der Waals surface area contributed by atoms with Crippen molar-refractivity contribution in [2.45, 2.75) is 0 Å². The van der Waals surface area contributed by atoms with Gasteiger partial charge in [0.2, 0.25) is 0 Å². The molecule has 0 atom stereocenters. The van der Waals surface area contributed by atoms with Gasteiger partial charge in [-0.15, -0.1) is 0 Å². The summed E-state index contributed by atoms with van der Waals surface area (Å²) in [6.45, 7) is 0. The van der Waals surface area contributed by atoms with Crippen molar-refractivity contribution in [2.24, 2.45) is 0 Å². The molecule has 2 aromatic carbocycles. The van der Waals surface area contributed by atoms with Gasteiger partial charge in [0.15, 0.2) is 0 Å². The highest BCUT2D eigenvalue weighted by molar-refractivity contribution is 7.90. The highest BCUT2D eigenvalue weighted by Gasteiger charge is 2.18. The fourth-order valence-corrected chi connectivity index (χ4v) is 3.02. The maximum atomic E-state index is 12.4. The molecule has 6 nitrogen and oxygen atoms in total. The summed E-state index contributed by atoms with van der Waals surface area (Å²) in [7, 11) is -0.919. The molecule has 0 heterocycles. The van der Waals surface area contributed by atoms with Crippen molar-refractivity contribution < 1.29 is 13.2 Å². The fourth-order valence-electron chi connectivity index (χ4n) is 1.81. The van der Waals surface area contributed by atoms with Crippen LogP contribution in [0.4, 0.5) is 11.4 Å². The molecule has 1 amide bonds. The van der Waals surface area contributed by atoms with E-state index >= 15 is 0 Å². The van der Waals surface area contributed by atoms with Crippen LogP contribution < -0.4 is 10.0 Å². The summed E-state index contributed by atoms with van der Waals surface area (Å²) in [6, 6.07) is 11.1. The second kappa shape index (κ2) is 7.40. The Morgan fingerprint density at radius 1 is 0.958 bits per heavy atom. The Kier molecular flexibility index (Phi) is 5.71. The Hall–Kier alpha value is -1.80. The molecule has 0 aliphatic carbocycles. The molecule has 0 aliphatic heterocycles. The van der Waals surface area contributed by atoms with Crippen LogP contribution in [-0.4, -0.2) is 32.7 Å². The summed E-state index contributed by atoms with van der Waals surface area (Å²) < 4.78 is 27.4. The number of para-hydroxylation sites is 2. The third-order valence-electron chi connectivity index (χ3n) is 3.08. The minimum absolute atomic E-state index is 0.117. The molecule has 2 aromatic rings. The molecule has 0 bridgehead atoms. The minimum Gasteiger partial charge on any atom is -0.320 e. The first kappa shape index (κ1) is 18.5. The number of carbonyl (C=O) groups is 1. The van der Waals surface area contributed by atoms with Crippen LogP contribution in [0.15, 0.2) is 42.5 Å². The maximum absolute atomic E-state index is 12.4. The zero-order valence-corrected chi connectivity index (χ0v) is 15.2. The maximum Gasteiger partial charge on any atom is 0.301 e. The third kappa shape index (κ3) is 4.18. The molecule has 0 saturated carbocycles. The number of hydrogen-bond acceptors (Lipinski definition) is 3. The van der Waals surface area contributed by atoms with Crippen molar-refractivity contribution in [1.29, 1.82) is 0 Å². The van der Waals surface area contributed by atoms with Crippen LogP contribution in [0.1, 0.15) is 10.4 Å². The van der Waals surface area contributed by atoms with Crippen LogP contribution in [0, 0.1) is 0 Å². The molecule has 9 heteroatoms. The molecule has 0 fully saturated rings. The van der Waals surface area contributed by atoms with Gasteiger partial charge in [0.25, 0.3) is 5.91 Å². The molecule has 0 aromatic heterocycles. The van der Waals surface area contributed by atoms with E-state index in [2.05, 4.69) is 10.0 Å². The molecule has 0 radical (unpaired) electrons. The van der Waals surface area contributed by atoms with Crippen molar-refractivity contribution in [3.05, 3.63) is 58.1 Å². The molecule has 24 heavy (non-hydrogen) atoms. The van der Waals surface area contributed by atoms with E-state index in [1.165, 1.54) is 20.2 Å². The number of amides is 1. The van der Waals surface area contributed by atoms with Gasteiger partial charge in [-0.2, -0.15) is 12.7 Å². The largest absolute Gasteiger partial charge is 0.320 e. The number of nitrogens with one attached hydrogen (secondary N) is 2. The summed E-state index contributed by atoms with van der Waals surface area (Å²) in [6.07, 6.45) is 0. The molecule has 0 saturated heterocycles. The van der Waals surface area contributed by atoms with Crippen molar-refractivity contribution >= 4 is 50.7 Å². The van der Waals surface area contributed by atoms with Gasteiger partial charge in [-0.3, -0.25) is 9.52 Å². The summed E-state index contributed by atoms with van der Waals surface area (Å²) in [5.41, 5.74) is 0.623. The highest BCUT2D eigenvalue weighted by atomic mass is 35.5. The second-order valence-electron chi connectivity index (χ2n) is 4.99. The van der Waals surface area contributed by atoms with Crippen LogP contribution >= 0.6 is 23.2 Å². The summed E-state index contributed by atoms with van der Waals surface area (Å²) in [5, 5.41) is 3.02. The van der Waals surface area contributed by atoms with E-state index in [1.54, 1.807) is 36.4 Å². The Morgan fingerprint density at radius 2 is 1.50 bits per heavy atom. The first-order chi connectivity index (χ1) is 11.2. The van der Waals surface area contributed by atoms with E-state index in [4.69, 9.17) is 23.2 Å². The van der Waals surface area contributed by atoms with Crippen molar-refractivity contribution in [3.63, 3.8) is 0 Å². The lowest BCUT2D eigenvalue weighted by Crippen LogP contribution is -2.29. The highest BCUT2D eigenvalue weighted by Crippen LogP contribution is 2.28. The van der Waals surface area contributed by atoms with E-state index in [9.17, 15) is 13.2 Å². The number of carbonyl (C=O) groups excluding carboxylic acids is 1. The van der Waals surface area contributed by atoms with Gasteiger partial charge in [0.1, 0.15) is 0 Å². The van der Waals surface area contributed by atoms with Crippen LogP contribution in [0.5, 0.6) is 0 Å². The van der Waals surface area contributed by atoms with E-state index in [0.717, 1.165) is 4.31 Å². The lowest BCUT2D eigenvalue weighted by atomic mass is 10.2. The van der Waals surface area contributed by atoms with Crippen molar-refractivity contribution in [1.82, 2.24) is 4.31 Å². The molecule has 2 N–H and O–H groups in total. The second-order valence-corrected chi connectivity index (χ2v) is 7.68. The van der Waals surface area contributed by atoms with E-state index in [1.807, 2.05) is 0 Å². The SMILES string of the molecule is CN(C)S(=O)(=O)Nc1ccccc1NC(=O)c1c(Cl)cccc1Cl. The first-order valence-electron chi connectivity index (χ1n) is 6.77. The first-order valence-corrected chi connectivity index (χ1v) is 8.96. The zero-order chi connectivity index (χ0) is 17.9. The summed E-state index contributed by atoms with van der Waals surface area (Å²) in [4.78, 5) is 12.4. The lowest BCUT2D eigenvalue weighted by molar-refractivity contribution is 0.102. The number of anilines is 2. The average Bonchev–Trinajstić information content (AvgIpc) is 2.48. The van der Waals surface area contributed by atoms with Crippen molar-refractivity contribution in [2.75, 3.05) is 24.1 Å². The molecular formula is C15H15Cl2N3O3S. The molecule has 0 aliphatic rings. The molecule has 128 valence electrons. The summed E-state index contributed by atoms with van der Waals surface area (Å²) >= 11 is 12.0.